The third-order valence-corrected chi connectivity index (χ3v) is 5.06. The summed E-state index contributed by atoms with van der Waals surface area (Å²) in [6, 6.07) is 7.51. The molecule has 3 rings (SSSR count). The van der Waals surface area contributed by atoms with Gasteiger partial charge in [0.1, 0.15) is 5.75 Å². The van der Waals surface area contributed by atoms with E-state index >= 15 is 0 Å². The molecule has 0 atom stereocenters. The molecule has 1 aliphatic heterocycles. The van der Waals surface area contributed by atoms with E-state index in [9.17, 15) is 9.59 Å². The average Bonchev–Trinajstić information content (AvgIpc) is 3.07. The number of benzene rings is 1. The van der Waals surface area contributed by atoms with Crippen LogP contribution in [0, 0.1) is 0 Å². The number of aromatic nitrogens is 1. The number of methoxy groups -OCH3 is 1. The lowest BCUT2D eigenvalue weighted by Gasteiger charge is -2.22. The summed E-state index contributed by atoms with van der Waals surface area (Å²) in [5.74, 6) is 0.945. The van der Waals surface area contributed by atoms with Gasteiger partial charge in [-0.3, -0.25) is 9.59 Å². The second-order valence-corrected chi connectivity index (χ2v) is 6.80. The molecule has 6 heteroatoms. The Kier molecular flexibility index (Phi) is 6.16. The molecule has 2 heterocycles. The van der Waals surface area contributed by atoms with Crippen LogP contribution in [0.2, 0.25) is 0 Å². The summed E-state index contributed by atoms with van der Waals surface area (Å²) in [7, 11) is 1.64. The highest BCUT2D eigenvalue weighted by Gasteiger charge is 2.23. The normalized spacial score (nSPS) is 14.7. The molecular weight excluding hydrogens is 342 g/mol. The third kappa shape index (κ3) is 4.51. The van der Waals surface area contributed by atoms with Crippen LogP contribution >= 0.6 is 0 Å². The minimum atomic E-state index is 0.0206. The van der Waals surface area contributed by atoms with E-state index in [0.717, 1.165) is 29.7 Å². The first-order valence-electron chi connectivity index (χ1n) is 9.48. The van der Waals surface area contributed by atoms with E-state index in [1.54, 1.807) is 7.11 Å². The van der Waals surface area contributed by atoms with Crippen LogP contribution in [0.1, 0.15) is 34.8 Å². The van der Waals surface area contributed by atoms with E-state index in [0.29, 0.717) is 38.2 Å². The van der Waals surface area contributed by atoms with Gasteiger partial charge in [-0.25, -0.2) is 0 Å². The zero-order valence-electron chi connectivity index (χ0n) is 16.0. The van der Waals surface area contributed by atoms with E-state index < -0.39 is 0 Å². The summed E-state index contributed by atoms with van der Waals surface area (Å²) in [4.78, 5) is 32.1. The predicted molar refractivity (Wildman–Crippen MR) is 104 cm³/mol. The standard InChI is InChI=1S/C21H27N3O3/c1-3-17-14-18(5-6-19(17)27-2)21(26)24-10-4-9-23(11-12-24)20(25)13-16-7-8-22-15-16/h5-8,14-15,22H,3-4,9-13H2,1-2H3. The van der Waals surface area contributed by atoms with Gasteiger partial charge in [0.25, 0.3) is 5.91 Å². The zero-order chi connectivity index (χ0) is 19.2. The van der Waals surface area contributed by atoms with Gasteiger partial charge in [-0.1, -0.05) is 6.92 Å². The van der Waals surface area contributed by atoms with Crippen LogP contribution in [-0.2, 0) is 17.6 Å². The Morgan fingerprint density at radius 3 is 2.59 bits per heavy atom. The first-order chi connectivity index (χ1) is 13.1. The maximum absolute atomic E-state index is 12.9. The summed E-state index contributed by atoms with van der Waals surface area (Å²) in [5.41, 5.74) is 2.70. The van der Waals surface area contributed by atoms with Crippen molar-refractivity contribution in [2.45, 2.75) is 26.2 Å². The number of hydrogen-bond donors (Lipinski definition) is 1. The van der Waals surface area contributed by atoms with Crippen LogP contribution in [0.4, 0.5) is 0 Å². The van der Waals surface area contributed by atoms with Gasteiger partial charge in [-0.05, 0) is 48.2 Å². The molecule has 144 valence electrons. The summed E-state index contributed by atoms with van der Waals surface area (Å²) >= 11 is 0. The van der Waals surface area contributed by atoms with Gasteiger partial charge in [0.2, 0.25) is 5.91 Å². The van der Waals surface area contributed by atoms with E-state index in [1.165, 1.54) is 0 Å². The zero-order valence-corrected chi connectivity index (χ0v) is 16.0. The van der Waals surface area contributed by atoms with Crippen molar-refractivity contribution < 1.29 is 14.3 Å². The molecule has 2 aromatic rings. The summed E-state index contributed by atoms with van der Waals surface area (Å²) in [6.45, 7) is 4.54. The van der Waals surface area contributed by atoms with Gasteiger partial charge in [-0.15, -0.1) is 0 Å². The Bertz CT molecular complexity index is 786. The Hall–Kier alpha value is -2.76. The van der Waals surface area contributed by atoms with Crippen molar-refractivity contribution >= 4 is 11.8 Å². The number of nitrogens with zero attached hydrogens (tertiary/aromatic N) is 2. The molecule has 1 aromatic heterocycles. The first kappa shape index (κ1) is 19.0. The molecule has 1 fully saturated rings. The summed E-state index contributed by atoms with van der Waals surface area (Å²) < 4.78 is 5.35. The Balaban J connectivity index is 1.63. The van der Waals surface area contributed by atoms with Crippen molar-refractivity contribution in [1.82, 2.24) is 14.8 Å². The highest BCUT2D eigenvalue weighted by atomic mass is 16.5. The number of carbonyl (C=O) groups is 2. The van der Waals surface area contributed by atoms with Crippen LogP contribution in [0.15, 0.2) is 36.7 Å². The number of aromatic amines is 1. The van der Waals surface area contributed by atoms with Crippen molar-refractivity contribution in [2.75, 3.05) is 33.3 Å². The summed E-state index contributed by atoms with van der Waals surface area (Å²) in [6.07, 6.45) is 5.67. The monoisotopic (exact) mass is 369 g/mol. The van der Waals surface area contributed by atoms with Gasteiger partial charge in [0, 0.05) is 44.1 Å². The number of amides is 2. The fourth-order valence-electron chi connectivity index (χ4n) is 3.50. The molecule has 1 N–H and O–H groups in total. The number of rotatable bonds is 5. The molecule has 0 bridgehead atoms. The second-order valence-electron chi connectivity index (χ2n) is 6.80. The number of ether oxygens (including phenoxy) is 1. The molecule has 1 aromatic carbocycles. The molecule has 2 amide bonds. The average molecular weight is 369 g/mol. The van der Waals surface area contributed by atoms with Crippen LogP contribution in [0.5, 0.6) is 5.75 Å². The Morgan fingerprint density at radius 2 is 1.89 bits per heavy atom. The second kappa shape index (κ2) is 8.75. The first-order valence-corrected chi connectivity index (χ1v) is 9.48. The van der Waals surface area contributed by atoms with Gasteiger partial charge in [0.05, 0.1) is 13.5 Å². The lowest BCUT2D eigenvalue weighted by molar-refractivity contribution is -0.130. The third-order valence-electron chi connectivity index (χ3n) is 5.06. The topological polar surface area (TPSA) is 65.6 Å². The van der Waals surface area contributed by atoms with Gasteiger partial charge in [0.15, 0.2) is 0 Å². The van der Waals surface area contributed by atoms with Crippen molar-refractivity contribution in [3.63, 3.8) is 0 Å². The van der Waals surface area contributed by atoms with Crippen LogP contribution in [0.3, 0.4) is 0 Å². The fraction of sp³-hybridized carbons (Fsp3) is 0.429. The SMILES string of the molecule is CCc1cc(C(=O)N2CCCN(C(=O)Cc3cc[nH]c3)CC2)ccc1OC. The lowest BCUT2D eigenvalue weighted by atomic mass is 10.1. The largest absolute Gasteiger partial charge is 0.496 e. The Morgan fingerprint density at radius 1 is 1.11 bits per heavy atom. The molecule has 0 spiro atoms. The van der Waals surface area contributed by atoms with Crippen LogP contribution in [-0.4, -0.2) is 59.9 Å². The van der Waals surface area contributed by atoms with Crippen molar-refractivity contribution in [2.24, 2.45) is 0 Å². The molecule has 6 nitrogen and oxygen atoms in total. The minimum Gasteiger partial charge on any atom is -0.496 e. The van der Waals surface area contributed by atoms with Crippen LogP contribution in [0.25, 0.3) is 0 Å². The fourth-order valence-corrected chi connectivity index (χ4v) is 3.50. The summed E-state index contributed by atoms with van der Waals surface area (Å²) in [5, 5.41) is 0. The smallest absolute Gasteiger partial charge is 0.253 e. The number of nitrogens with one attached hydrogen (secondary N) is 1. The number of hydrogen-bond acceptors (Lipinski definition) is 3. The van der Waals surface area contributed by atoms with Gasteiger partial charge in [-0.2, -0.15) is 0 Å². The Labute approximate surface area is 160 Å². The van der Waals surface area contributed by atoms with Crippen LogP contribution < -0.4 is 4.74 Å². The molecule has 0 saturated carbocycles. The number of carbonyl (C=O) groups excluding carboxylic acids is 2. The molecule has 1 saturated heterocycles. The van der Waals surface area contributed by atoms with Gasteiger partial charge >= 0.3 is 0 Å². The molecule has 27 heavy (non-hydrogen) atoms. The lowest BCUT2D eigenvalue weighted by Crippen LogP contribution is -2.38. The molecule has 0 radical (unpaired) electrons. The maximum atomic E-state index is 12.9. The quantitative estimate of drug-likeness (QED) is 0.881. The molecule has 0 unspecified atom stereocenters. The highest BCUT2D eigenvalue weighted by molar-refractivity contribution is 5.94. The number of H-pyrrole nitrogens is 1. The highest BCUT2D eigenvalue weighted by Crippen LogP contribution is 2.21. The number of aryl methyl sites for hydroxylation is 1. The molecule has 0 aliphatic carbocycles. The maximum Gasteiger partial charge on any atom is 0.253 e. The minimum absolute atomic E-state index is 0.0206. The molecule has 1 aliphatic rings. The van der Waals surface area contributed by atoms with Crippen molar-refractivity contribution in [3.05, 3.63) is 53.3 Å². The van der Waals surface area contributed by atoms with E-state index in [-0.39, 0.29) is 11.8 Å². The predicted octanol–water partition coefficient (Wildman–Crippen LogP) is 2.50. The van der Waals surface area contributed by atoms with E-state index in [1.807, 2.05) is 53.4 Å². The van der Waals surface area contributed by atoms with Crippen molar-refractivity contribution in [3.8, 4) is 5.75 Å². The van der Waals surface area contributed by atoms with E-state index in [4.69, 9.17) is 4.74 Å². The molecular formula is C21H27N3O3. The van der Waals surface area contributed by atoms with Crippen molar-refractivity contribution in [1.29, 1.82) is 0 Å². The van der Waals surface area contributed by atoms with E-state index in [2.05, 4.69) is 4.98 Å². The van der Waals surface area contributed by atoms with Gasteiger partial charge < -0.3 is 19.5 Å².